The standard InChI is InChI=1S/C6H7F3O3/c1-3(6(7,8)9)2-4(10)5(11)12/h3H,2H2,1H3,(H,11,12). The van der Waals surface area contributed by atoms with Gasteiger partial charge in [0.25, 0.3) is 0 Å². The highest BCUT2D eigenvalue weighted by molar-refractivity contribution is 6.32. The Kier molecular flexibility index (Phi) is 3.24. The largest absolute Gasteiger partial charge is 0.476 e. The number of ketones is 1. The Morgan fingerprint density at radius 3 is 2.08 bits per heavy atom. The fraction of sp³-hybridized carbons (Fsp3) is 0.667. The van der Waals surface area contributed by atoms with E-state index in [0.29, 0.717) is 0 Å². The van der Waals surface area contributed by atoms with Gasteiger partial charge in [0.15, 0.2) is 0 Å². The minimum atomic E-state index is -4.51. The first kappa shape index (κ1) is 10.9. The number of carboxylic acids is 1. The van der Waals surface area contributed by atoms with Gasteiger partial charge >= 0.3 is 12.1 Å². The Bertz CT molecular complexity index is 197. The van der Waals surface area contributed by atoms with Crippen molar-refractivity contribution in [3.8, 4) is 0 Å². The lowest BCUT2D eigenvalue weighted by molar-refractivity contribution is -0.175. The third-order valence-electron chi connectivity index (χ3n) is 1.29. The van der Waals surface area contributed by atoms with E-state index >= 15 is 0 Å². The molecule has 3 nitrogen and oxygen atoms in total. The monoisotopic (exact) mass is 184 g/mol. The normalized spacial score (nSPS) is 14.0. The number of rotatable bonds is 3. The number of carbonyl (C=O) groups excluding carboxylic acids is 1. The molecule has 1 N–H and O–H groups in total. The van der Waals surface area contributed by atoms with Gasteiger partial charge in [0.05, 0.1) is 5.92 Å². The van der Waals surface area contributed by atoms with Crippen LogP contribution < -0.4 is 0 Å². The molecule has 0 saturated carbocycles. The van der Waals surface area contributed by atoms with Crippen LogP contribution in [0.1, 0.15) is 13.3 Å². The molecule has 12 heavy (non-hydrogen) atoms. The quantitative estimate of drug-likeness (QED) is 0.671. The summed E-state index contributed by atoms with van der Waals surface area (Å²) >= 11 is 0. The summed E-state index contributed by atoms with van der Waals surface area (Å²) in [5.41, 5.74) is 0. The Labute approximate surface area is 66.2 Å². The van der Waals surface area contributed by atoms with E-state index in [0.717, 1.165) is 6.92 Å². The summed E-state index contributed by atoms with van der Waals surface area (Å²) < 4.78 is 35.2. The number of alkyl halides is 3. The Balaban J connectivity index is 4.11. The molecule has 0 heterocycles. The van der Waals surface area contributed by atoms with Crippen molar-refractivity contribution in [1.82, 2.24) is 0 Å². The maximum Gasteiger partial charge on any atom is 0.391 e. The van der Waals surface area contributed by atoms with E-state index in [1.165, 1.54) is 0 Å². The molecule has 0 fully saturated rings. The number of Topliss-reactive ketones (excluding diaryl/α,β-unsaturated/α-hetero) is 1. The lowest BCUT2D eigenvalue weighted by Crippen LogP contribution is -2.25. The smallest absolute Gasteiger partial charge is 0.391 e. The molecule has 0 saturated heterocycles. The minimum Gasteiger partial charge on any atom is -0.476 e. The zero-order chi connectivity index (χ0) is 9.94. The maximum absolute atomic E-state index is 11.7. The summed E-state index contributed by atoms with van der Waals surface area (Å²) in [6.07, 6.45) is -5.51. The average Bonchev–Trinajstić information content (AvgIpc) is 1.85. The van der Waals surface area contributed by atoms with Crippen molar-refractivity contribution in [3.63, 3.8) is 0 Å². The molecule has 0 aromatic carbocycles. The van der Waals surface area contributed by atoms with E-state index < -0.39 is 30.3 Å². The van der Waals surface area contributed by atoms with Crippen molar-refractivity contribution in [2.45, 2.75) is 19.5 Å². The summed E-state index contributed by atoms with van der Waals surface area (Å²) in [6, 6.07) is 0. The van der Waals surface area contributed by atoms with Crippen molar-refractivity contribution < 1.29 is 27.9 Å². The lowest BCUT2D eigenvalue weighted by Gasteiger charge is -2.12. The predicted octanol–water partition coefficient (Wildman–Crippen LogP) is 1.23. The van der Waals surface area contributed by atoms with E-state index in [2.05, 4.69) is 0 Å². The highest BCUT2D eigenvalue weighted by atomic mass is 19.4. The van der Waals surface area contributed by atoms with Crippen LogP contribution in [0, 0.1) is 5.92 Å². The van der Waals surface area contributed by atoms with Crippen LogP contribution in [0.15, 0.2) is 0 Å². The predicted molar refractivity (Wildman–Crippen MR) is 32.5 cm³/mol. The molecule has 0 aliphatic carbocycles. The number of hydrogen-bond donors (Lipinski definition) is 1. The van der Waals surface area contributed by atoms with Gasteiger partial charge in [-0.15, -0.1) is 0 Å². The van der Waals surface area contributed by atoms with Gasteiger partial charge in [-0.05, 0) is 0 Å². The van der Waals surface area contributed by atoms with Gasteiger partial charge in [-0.3, -0.25) is 4.79 Å². The molecule has 6 heteroatoms. The number of aliphatic carboxylic acids is 1. The molecule has 0 aromatic heterocycles. The van der Waals surface area contributed by atoms with Crippen molar-refractivity contribution >= 4 is 11.8 Å². The van der Waals surface area contributed by atoms with E-state index in [-0.39, 0.29) is 0 Å². The highest BCUT2D eigenvalue weighted by Crippen LogP contribution is 2.28. The van der Waals surface area contributed by atoms with Crippen LogP contribution in [0.2, 0.25) is 0 Å². The van der Waals surface area contributed by atoms with Crippen LogP contribution in [-0.2, 0) is 9.59 Å². The molecule has 0 amide bonds. The summed E-state index contributed by atoms with van der Waals surface area (Å²) in [4.78, 5) is 20.1. The summed E-state index contributed by atoms with van der Waals surface area (Å²) in [5.74, 6) is -5.15. The minimum absolute atomic E-state index is 0.765. The molecule has 0 aliphatic heterocycles. The van der Waals surface area contributed by atoms with Crippen LogP contribution in [0.4, 0.5) is 13.2 Å². The fourth-order valence-electron chi connectivity index (χ4n) is 0.481. The number of carbonyl (C=O) groups is 2. The van der Waals surface area contributed by atoms with Crippen LogP contribution in [0.5, 0.6) is 0 Å². The third kappa shape index (κ3) is 3.36. The van der Waals surface area contributed by atoms with E-state index in [1.807, 2.05) is 0 Å². The molecule has 1 atom stereocenters. The second-order valence-electron chi connectivity index (χ2n) is 2.38. The van der Waals surface area contributed by atoms with E-state index in [9.17, 15) is 22.8 Å². The highest BCUT2D eigenvalue weighted by Gasteiger charge is 2.38. The van der Waals surface area contributed by atoms with Gasteiger partial charge in [-0.2, -0.15) is 13.2 Å². The molecular formula is C6H7F3O3. The van der Waals surface area contributed by atoms with Crippen LogP contribution in [0.3, 0.4) is 0 Å². The Morgan fingerprint density at radius 2 is 1.83 bits per heavy atom. The Hall–Kier alpha value is -1.07. The van der Waals surface area contributed by atoms with Gasteiger partial charge in [0, 0.05) is 6.42 Å². The van der Waals surface area contributed by atoms with Crippen LogP contribution in [-0.4, -0.2) is 23.0 Å². The number of carboxylic acid groups (broad SMARTS) is 1. The molecule has 0 bridgehead atoms. The first-order valence-corrected chi connectivity index (χ1v) is 3.08. The van der Waals surface area contributed by atoms with Crippen molar-refractivity contribution in [2.24, 2.45) is 5.92 Å². The molecular weight excluding hydrogens is 177 g/mol. The van der Waals surface area contributed by atoms with Crippen LogP contribution in [0.25, 0.3) is 0 Å². The maximum atomic E-state index is 11.7. The Morgan fingerprint density at radius 1 is 1.42 bits per heavy atom. The molecule has 0 aliphatic rings. The third-order valence-corrected chi connectivity index (χ3v) is 1.29. The second kappa shape index (κ2) is 3.55. The van der Waals surface area contributed by atoms with Crippen LogP contribution >= 0.6 is 0 Å². The molecule has 1 unspecified atom stereocenters. The molecule has 70 valence electrons. The fourth-order valence-corrected chi connectivity index (χ4v) is 0.481. The second-order valence-corrected chi connectivity index (χ2v) is 2.38. The summed E-state index contributed by atoms with van der Waals surface area (Å²) in [6.45, 7) is 0.765. The summed E-state index contributed by atoms with van der Waals surface area (Å²) in [7, 11) is 0. The van der Waals surface area contributed by atoms with Crippen molar-refractivity contribution in [2.75, 3.05) is 0 Å². The van der Waals surface area contributed by atoms with Gasteiger partial charge in [0.1, 0.15) is 0 Å². The van der Waals surface area contributed by atoms with Gasteiger partial charge in [0.2, 0.25) is 5.78 Å². The number of halogens is 3. The molecule has 0 spiro atoms. The van der Waals surface area contributed by atoms with Gasteiger partial charge in [-0.1, -0.05) is 6.92 Å². The lowest BCUT2D eigenvalue weighted by atomic mass is 10.0. The van der Waals surface area contributed by atoms with Crippen molar-refractivity contribution in [3.05, 3.63) is 0 Å². The first-order valence-electron chi connectivity index (χ1n) is 3.08. The zero-order valence-electron chi connectivity index (χ0n) is 6.18. The first-order chi connectivity index (χ1) is 5.25. The topological polar surface area (TPSA) is 54.4 Å². The average molecular weight is 184 g/mol. The SMILES string of the molecule is CC(CC(=O)C(=O)O)C(F)(F)F. The van der Waals surface area contributed by atoms with Gasteiger partial charge in [-0.25, -0.2) is 4.79 Å². The summed E-state index contributed by atoms with van der Waals surface area (Å²) in [5, 5.41) is 7.98. The van der Waals surface area contributed by atoms with E-state index in [1.54, 1.807) is 0 Å². The molecule has 0 radical (unpaired) electrons. The van der Waals surface area contributed by atoms with Crippen molar-refractivity contribution in [1.29, 1.82) is 0 Å². The molecule has 0 aromatic rings. The molecule has 0 rings (SSSR count). The zero-order valence-corrected chi connectivity index (χ0v) is 6.18. The van der Waals surface area contributed by atoms with E-state index in [4.69, 9.17) is 5.11 Å². The van der Waals surface area contributed by atoms with Gasteiger partial charge < -0.3 is 5.11 Å². The number of hydrogen-bond acceptors (Lipinski definition) is 2.